The van der Waals surface area contributed by atoms with Gasteiger partial charge in [-0.3, -0.25) is 13.9 Å². The highest BCUT2D eigenvalue weighted by Crippen LogP contribution is 2.06. The third-order valence-electron chi connectivity index (χ3n) is 2.53. The monoisotopic (exact) mass is 227 g/mol. The summed E-state index contributed by atoms with van der Waals surface area (Å²) in [5.74, 6) is -0.434. The van der Waals surface area contributed by atoms with Crippen LogP contribution < -0.4 is 11.1 Å². The Hall–Kier alpha value is -1.59. The quantitative estimate of drug-likeness (QED) is 0.810. The van der Waals surface area contributed by atoms with E-state index in [9.17, 15) is 9.59 Å². The number of nitrogens with one attached hydrogen (secondary N) is 1. The van der Waals surface area contributed by atoms with Crippen molar-refractivity contribution in [3.8, 4) is 0 Å². The van der Waals surface area contributed by atoms with Crippen LogP contribution in [0, 0.1) is 6.92 Å². The van der Waals surface area contributed by atoms with Gasteiger partial charge in [0.2, 0.25) is 5.91 Å². The highest BCUT2D eigenvalue weighted by Gasteiger charge is 2.19. The van der Waals surface area contributed by atoms with Gasteiger partial charge in [-0.05, 0) is 27.2 Å². The molecule has 16 heavy (non-hydrogen) atoms. The Kier molecular flexibility index (Phi) is 3.51. The van der Waals surface area contributed by atoms with Gasteiger partial charge in [0.05, 0.1) is 0 Å². The standard InChI is InChI=1S/C10H17N3O3/c1-5-10(3,4)11-8(14)6-13-7(2)12-16-9(13)15/h5-6H2,1-4H3,(H,11,14). The van der Waals surface area contributed by atoms with Crippen LogP contribution in [0.5, 0.6) is 0 Å². The Bertz CT molecular complexity index is 431. The second kappa shape index (κ2) is 4.51. The van der Waals surface area contributed by atoms with Crippen molar-refractivity contribution in [2.45, 2.75) is 46.2 Å². The lowest BCUT2D eigenvalue weighted by Gasteiger charge is -2.24. The zero-order chi connectivity index (χ0) is 12.3. The molecule has 0 fully saturated rings. The van der Waals surface area contributed by atoms with Gasteiger partial charge < -0.3 is 5.32 Å². The summed E-state index contributed by atoms with van der Waals surface area (Å²) in [6.07, 6.45) is 0.816. The topological polar surface area (TPSA) is 77.1 Å². The summed E-state index contributed by atoms with van der Waals surface area (Å²) < 4.78 is 5.63. The predicted octanol–water partition coefficient (Wildman–Crippen LogP) is 0.450. The molecule has 1 heterocycles. The number of carbonyl (C=O) groups excluding carboxylic acids is 1. The number of aromatic nitrogens is 2. The van der Waals surface area contributed by atoms with Crippen LogP contribution in [0.1, 0.15) is 33.0 Å². The van der Waals surface area contributed by atoms with Crippen LogP contribution in [-0.4, -0.2) is 21.2 Å². The van der Waals surface area contributed by atoms with Crippen molar-refractivity contribution in [3.63, 3.8) is 0 Å². The normalized spacial score (nSPS) is 11.5. The van der Waals surface area contributed by atoms with Crippen molar-refractivity contribution < 1.29 is 9.32 Å². The molecule has 1 amide bonds. The Morgan fingerprint density at radius 1 is 1.56 bits per heavy atom. The van der Waals surface area contributed by atoms with E-state index in [1.807, 2.05) is 20.8 Å². The number of carbonyl (C=O) groups is 1. The van der Waals surface area contributed by atoms with Crippen LogP contribution in [-0.2, 0) is 11.3 Å². The molecule has 0 spiro atoms. The van der Waals surface area contributed by atoms with Crippen molar-refractivity contribution in [1.29, 1.82) is 0 Å². The maximum atomic E-state index is 11.6. The van der Waals surface area contributed by atoms with E-state index in [4.69, 9.17) is 0 Å². The van der Waals surface area contributed by atoms with Crippen LogP contribution in [0.15, 0.2) is 9.32 Å². The molecule has 6 heteroatoms. The first kappa shape index (κ1) is 12.5. The van der Waals surface area contributed by atoms with Crippen LogP contribution in [0.4, 0.5) is 0 Å². The van der Waals surface area contributed by atoms with E-state index < -0.39 is 5.76 Å². The third-order valence-corrected chi connectivity index (χ3v) is 2.53. The van der Waals surface area contributed by atoms with E-state index in [2.05, 4.69) is 15.0 Å². The van der Waals surface area contributed by atoms with E-state index in [1.165, 1.54) is 4.57 Å². The predicted molar refractivity (Wildman–Crippen MR) is 58.0 cm³/mol. The lowest BCUT2D eigenvalue weighted by molar-refractivity contribution is -0.123. The lowest BCUT2D eigenvalue weighted by atomic mass is 10.0. The fourth-order valence-corrected chi connectivity index (χ4v) is 1.16. The van der Waals surface area contributed by atoms with Crippen molar-refractivity contribution in [1.82, 2.24) is 15.0 Å². The van der Waals surface area contributed by atoms with E-state index >= 15 is 0 Å². The second-order valence-electron chi connectivity index (χ2n) is 4.37. The summed E-state index contributed by atoms with van der Waals surface area (Å²) in [5.41, 5.74) is -0.272. The molecule has 0 saturated heterocycles. The fraction of sp³-hybridized carbons (Fsp3) is 0.700. The number of aryl methyl sites for hydroxylation is 1. The molecule has 0 aliphatic heterocycles. The first-order chi connectivity index (χ1) is 7.35. The Labute approximate surface area is 93.6 Å². The van der Waals surface area contributed by atoms with Gasteiger partial charge in [-0.15, -0.1) is 0 Å². The average molecular weight is 227 g/mol. The number of nitrogens with zero attached hydrogens (tertiary/aromatic N) is 2. The van der Waals surface area contributed by atoms with Gasteiger partial charge >= 0.3 is 5.76 Å². The highest BCUT2D eigenvalue weighted by molar-refractivity contribution is 5.76. The first-order valence-electron chi connectivity index (χ1n) is 5.20. The molecule has 0 bridgehead atoms. The molecule has 1 rings (SSSR count). The van der Waals surface area contributed by atoms with Gasteiger partial charge in [-0.25, -0.2) is 4.79 Å². The summed E-state index contributed by atoms with van der Waals surface area (Å²) in [7, 11) is 0. The van der Waals surface area contributed by atoms with Crippen molar-refractivity contribution >= 4 is 5.91 Å². The molecular formula is C10H17N3O3. The Morgan fingerprint density at radius 3 is 2.62 bits per heavy atom. The summed E-state index contributed by atoms with van der Waals surface area (Å²) >= 11 is 0. The van der Waals surface area contributed by atoms with Crippen LogP contribution in [0.25, 0.3) is 0 Å². The largest absolute Gasteiger partial charge is 0.442 e. The zero-order valence-electron chi connectivity index (χ0n) is 10.0. The second-order valence-corrected chi connectivity index (χ2v) is 4.37. The molecule has 0 unspecified atom stereocenters. The molecule has 0 radical (unpaired) electrons. The average Bonchev–Trinajstić information content (AvgIpc) is 2.49. The van der Waals surface area contributed by atoms with Gasteiger partial charge in [0, 0.05) is 5.54 Å². The maximum Gasteiger partial charge on any atom is 0.442 e. The van der Waals surface area contributed by atoms with Gasteiger partial charge in [-0.1, -0.05) is 12.1 Å². The van der Waals surface area contributed by atoms with Crippen molar-refractivity contribution in [3.05, 3.63) is 16.4 Å². The molecular weight excluding hydrogens is 210 g/mol. The number of amides is 1. The molecule has 0 aliphatic rings. The maximum absolute atomic E-state index is 11.6. The van der Waals surface area contributed by atoms with Crippen LogP contribution >= 0.6 is 0 Å². The molecule has 0 aliphatic carbocycles. The minimum Gasteiger partial charge on any atom is -0.350 e. The zero-order valence-corrected chi connectivity index (χ0v) is 10.0. The molecule has 0 aromatic carbocycles. The summed E-state index contributed by atoms with van der Waals surface area (Å²) in [5, 5.41) is 6.31. The Balaban J connectivity index is 2.69. The molecule has 1 aromatic rings. The molecule has 0 atom stereocenters. The summed E-state index contributed by atoms with van der Waals surface area (Å²) in [6, 6.07) is 0. The number of hydrogen-bond donors (Lipinski definition) is 1. The molecule has 1 aromatic heterocycles. The molecule has 6 nitrogen and oxygen atoms in total. The smallest absolute Gasteiger partial charge is 0.350 e. The van der Waals surface area contributed by atoms with Crippen LogP contribution in [0.2, 0.25) is 0 Å². The third kappa shape index (κ3) is 2.95. The summed E-state index contributed by atoms with van der Waals surface area (Å²) in [4.78, 5) is 22.8. The van der Waals surface area contributed by atoms with Crippen molar-refractivity contribution in [2.75, 3.05) is 0 Å². The lowest BCUT2D eigenvalue weighted by Crippen LogP contribution is -2.45. The highest BCUT2D eigenvalue weighted by atomic mass is 16.5. The van der Waals surface area contributed by atoms with Gasteiger partial charge in [0.25, 0.3) is 0 Å². The minimum absolute atomic E-state index is 0.0579. The van der Waals surface area contributed by atoms with Gasteiger partial charge in [-0.2, -0.15) is 0 Å². The van der Waals surface area contributed by atoms with E-state index in [1.54, 1.807) is 6.92 Å². The SMILES string of the molecule is CCC(C)(C)NC(=O)Cn1c(C)noc1=O. The van der Waals surface area contributed by atoms with E-state index in [0.29, 0.717) is 5.82 Å². The van der Waals surface area contributed by atoms with E-state index in [-0.39, 0.29) is 18.0 Å². The number of hydrogen-bond acceptors (Lipinski definition) is 4. The van der Waals surface area contributed by atoms with Crippen LogP contribution in [0.3, 0.4) is 0 Å². The van der Waals surface area contributed by atoms with Gasteiger partial charge in [0.15, 0.2) is 5.82 Å². The molecule has 0 saturated carbocycles. The fourth-order valence-electron chi connectivity index (χ4n) is 1.16. The number of rotatable bonds is 4. The molecule has 90 valence electrons. The molecule has 1 N–H and O–H groups in total. The minimum atomic E-state index is -0.609. The Morgan fingerprint density at radius 2 is 2.19 bits per heavy atom. The van der Waals surface area contributed by atoms with Gasteiger partial charge in [0.1, 0.15) is 6.54 Å². The van der Waals surface area contributed by atoms with E-state index in [0.717, 1.165) is 6.42 Å². The van der Waals surface area contributed by atoms with Crippen molar-refractivity contribution in [2.24, 2.45) is 0 Å². The first-order valence-corrected chi connectivity index (χ1v) is 5.20. The summed E-state index contributed by atoms with van der Waals surface area (Å²) in [6.45, 7) is 7.39.